The zero-order valence-corrected chi connectivity index (χ0v) is 15.3. The van der Waals surface area contributed by atoms with Crippen LogP contribution in [0.1, 0.15) is 34.3 Å². The summed E-state index contributed by atoms with van der Waals surface area (Å²) in [6, 6.07) is 14.3. The molecule has 2 aromatic rings. The summed E-state index contributed by atoms with van der Waals surface area (Å²) in [7, 11) is 0. The summed E-state index contributed by atoms with van der Waals surface area (Å²) < 4.78 is 0. The first-order valence-electron chi connectivity index (χ1n) is 8.32. The maximum Gasteiger partial charge on any atom is 0.239 e. The molecule has 0 bridgehead atoms. The molecule has 2 aromatic carbocycles. The molecule has 2 rings (SSSR count). The Morgan fingerprint density at radius 1 is 0.846 bits per heavy atom. The Bertz CT molecular complexity index is 771. The number of halogens is 1. The van der Waals surface area contributed by atoms with E-state index in [1.165, 1.54) is 0 Å². The summed E-state index contributed by atoms with van der Waals surface area (Å²) in [5.74, 6) is -0.711. The molecule has 136 valence electrons. The minimum atomic E-state index is -0.327. The molecule has 0 unspecified atom stereocenters. The lowest BCUT2D eigenvalue weighted by atomic mass is 10.1. The lowest BCUT2D eigenvalue weighted by molar-refractivity contribution is -0.126. The summed E-state index contributed by atoms with van der Waals surface area (Å²) in [4.78, 5) is 35.6. The highest BCUT2D eigenvalue weighted by atomic mass is 35.5. The van der Waals surface area contributed by atoms with Gasteiger partial charge >= 0.3 is 0 Å². The Morgan fingerprint density at radius 2 is 1.50 bits per heavy atom. The number of carbonyl (C=O) groups is 3. The van der Waals surface area contributed by atoms with Gasteiger partial charge in [0.1, 0.15) is 0 Å². The number of ketones is 1. The predicted molar refractivity (Wildman–Crippen MR) is 101 cm³/mol. The van der Waals surface area contributed by atoms with Crippen LogP contribution in [-0.2, 0) is 16.1 Å². The van der Waals surface area contributed by atoms with Crippen LogP contribution in [0.2, 0.25) is 5.02 Å². The van der Waals surface area contributed by atoms with E-state index in [0.717, 1.165) is 11.1 Å². The average Bonchev–Trinajstić information content (AvgIpc) is 2.64. The van der Waals surface area contributed by atoms with Crippen LogP contribution >= 0.6 is 11.6 Å². The van der Waals surface area contributed by atoms with Gasteiger partial charge in [-0.15, -0.1) is 0 Å². The normalized spacial score (nSPS) is 10.2. The molecule has 0 saturated heterocycles. The molecule has 6 heteroatoms. The number of hydrogen-bond donors (Lipinski definition) is 2. The number of Topliss-reactive ketones (excluding diaryl/α,β-unsaturated/α-hetero) is 1. The van der Waals surface area contributed by atoms with E-state index in [4.69, 9.17) is 11.6 Å². The van der Waals surface area contributed by atoms with E-state index in [1.54, 1.807) is 24.3 Å². The van der Waals surface area contributed by atoms with Crippen molar-refractivity contribution in [2.75, 3.05) is 6.54 Å². The predicted octanol–water partition coefficient (Wildman–Crippen LogP) is 3.04. The SMILES string of the molecule is Cc1ccc(C(=O)CCC(=O)NCC(=O)NCc2ccc(Cl)cc2)cc1. The first kappa shape index (κ1) is 19.7. The van der Waals surface area contributed by atoms with Crippen LogP contribution in [0.5, 0.6) is 0 Å². The second-order valence-corrected chi connectivity index (χ2v) is 6.41. The van der Waals surface area contributed by atoms with Crippen LogP contribution in [0.4, 0.5) is 0 Å². The number of amides is 2. The largest absolute Gasteiger partial charge is 0.350 e. The van der Waals surface area contributed by atoms with Gasteiger partial charge in [0.15, 0.2) is 5.78 Å². The van der Waals surface area contributed by atoms with Crippen molar-refractivity contribution in [2.45, 2.75) is 26.3 Å². The Morgan fingerprint density at radius 3 is 2.15 bits per heavy atom. The standard InChI is InChI=1S/C20H21ClN2O3/c1-14-2-6-16(7-3-14)18(24)10-11-19(25)23-13-20(26)22-12-15-4-8-17(21)9-5-15/h2-9H,10-13H2,1H3,(H,22,26)(H,23,25). The van der Waals surface area contributed by atoms with E-state index in [2.05, 4.69) is 10.6 Å². The van der Waals surface area contributed by atoms with Crippen molar-refractivity contribution >= 4 is 29.2 Å². The summed E-state index contributed by atoms with van der Waals surface area (Å²) in [6.07, 6.45) is 0.165. The van der Waals surface area contributed by atoms with Gasteiger partial charge in [0.2, 0.25) is 11.8 Å². The molecule has 0 aromatic heterocycles. The van der Waals surface area contributed by atoms with E-state index in [9.17, 15) is 14.4 Å². The van der Waals surface area contributed by atoms with Crippen LogP contribution in [-0.4, -0.2) is 24.1 Å². The fraction of sp³-hybridized carbons (Fsp3) is 0.250. The third-order valence-corrected chi connectivity index (χ3v) is 4.05. The van der Waals surface area contributed by atoms with Crippen molar-refractivity contribution in [3.8, 4) is 0 Å². The van der Waals surface area contributed by atoms with E-state index >= 15 is 0 Å². The van der Waals surface area contributed by atoms with Crippen LogP contribution < -0.4 is 10.6 Å². The molecule has 0 heterocycles. The van der Waals surface area contributed by atoms with E-state index in [0.29, 0.717) is 17.1 Å². The number of rotatable bonds is 8. The van der Waals surface area contributed by atoms with E-state index in [1.807, 2.05) is 31.2 Å². The molecule has 0 aliphatic carbocycles. The molecule has 2 amide bonds. The first-order valence-corrected chi connectivity index (χ1v) is 8.69. The first-order chi connectivity index (χ1) is 12.4. The van der Waals surface area contributed by atoms with Crippen molar-refractivity contribution in [1.29, 1.82) is 0 Å². The summed E-state index contributed by atoms with van der Waals surface area (Å²) in [5, 5.41) is 5.86. The van der Waals surface area contributed by atoms with Gasteiger partial charge in [0.05, 0.1) is 6.54 Å². The number of nitrogens with one attached hydrogen (secondary N) is 2. The van der Waals surface area contributed by atoms with Crippen LogP contribution in [0.3, 0.4) is 0 Å². The highest BCUT2D eigenvalue weighted by Crippen LogP contribution is 2.09. The van der Waals surface area contributed by atoms with Crippen LogP contribution in [0.25, 0.3) is 0 Å². The zero-order chi connectivity index (χ0) is 18.9. The highest BCUT2D eigenvalue weighted by Gasteiger charge is 2.10. The molecular weight excluding hydrogens is 352 g/mol. The van der Waals surface area contributed by atoms with Gasteiger partial charge in [-0.2, -0.15) is 0 Å². The van der Waals surface area contributed by atoms with E-state index < -0.39 is 0 Å². The number of aryl methyl sites for hydroxylation is 1. The van der Waals surface area contributed by atoms with Gasteiger partial charge in [0.25, 0.3) is 0 Å². The number of hydrogen-bond acceptors (Lipinski definition) is 3. The lowest BCUT2D eigenvalue weighted by Gasteiger charge is -2.07. The Balaban J connectivity index is 1.66. The zero-order valence-electron chi connectivity index (χ0n) is 14.5. The fourth-order valence-corrected chi connectivity index (χ4v) is 2.37. The third kappa shape index (κ3) is 6.69. The molecular formula is C20H21ClN2O3. The third-order valence-electron chi connectivity index (χ3n) is 3.80. The molecule has 0 radical (unpaired) electrons. The molecule has 5 nitrogen and oxygen atoms in total. The van der Waals surface area contributed by atoms with Gasteiger partial charge in [-0.1, -0.05) is 53.6 Å². The summed E-state index contributed by atoms with van der Waals surface area (Å²) in [6.45, 7) is 2.18. The van der Waals surface area contributed by atoms with Gasteiger partial charge in [-0.3, -0.25) is 14.4 Å². The highest BCUT2D eigenvalue weighted by molar-refractivity contribution is 6.30. The van der Waals surface area contributed by atoms with Crippen molar-refractivity contribution in [3.05, 3.63) is 70.2 Å². The Kier molecular flexibility index (Phi) is 7.36. The molecule has 0 aliphatic rings. The smallest absolute Gasteiger partial charge is 0.239 e. The monoisotopic (exact) mass is 372 g/mol. The Hall–Kier alpha value is -2.66. The quantitative estimate of drug-likeness (QED) is 0.699. The van der Waals surface area contributed by atoms with Crippen molar-refractivity contribution in [2.24, 2.45) is 0 Å². The lowest BCUT2D eigenvalue weighted by Crippen LogP contribution is -2.36. The molecule has 0 saturated carbocycles. The molecule has 0 atom stereocenters. The van der Waals surface area contributed by atoms with E-state index in [-0.39, 0.29) is 37.0 Å². The van der Waals surface area contributed by atoms with Crippen molar-refractivity contribution in [1.82, 2.24) is 10.6 Å². The van der Waals surface area contributed by atoms with Gasteiger partial charge < -0.3 is 10.6 Å². The van der Waals surface area contributed by atoms with Crippen LogP contribution in [0, 0.1) is 6.92 Å². The molecule has 0 aliphatic heterocycles. The molecule has 2 N–H and O–H groups in total. The minimum Gasteiger partial charge on any atom is -0.350 e. The van der Waals surface area contributed by atoms with Crippen LogP contribution in [0.15, 0.2) is 48.5 Å². The van der Waals surface area contributed by atoms with Crippen molar-refractivity contribution < 1.29 is 14.4 Å². The maximum atomic E-state index is 12.0. The summed E-state index contributed by atoms with van der Waals surface area (Å²) in [5.41, 5.74) is 2.57. The fourth-order valence-electron chi connectivity index (χ4n) is 2.24. The second kappa shape index (κ2) is 9.73. The van der Waals surface area contributed by atoms with Gasteiger partial charge in [0, 0.05) is 30.0 Å². The summed E-state index contributed by atoms with van der Waals surface area (Å²) >= 11 is 5.80. The van der Waals surface area contributed by atoms with Gasteiger partial charge in [-0.05, 0) is 24.6 Å². The minimum absolute atomic E-state index is 0.0528. The Labute approximate surface area is 157 Å². The molecule has 0 fully saturated rings. The number of benzene rings is 2. The topological polar surface area (TPSA) is 75.3 Å². The molecule has 26 heavy (non-hydrogen) atoms. The van der Waals surface area contributed by atoms with Crippen molar-refractivity contribution in [3.63, 3.8) is 0 Å². The number of carbonyl (C=O) groups excluding carboxylic acids is 3. The average molecular weight is 373 g/mol. The second-order valence-electron chi connectivity index (χ2n) is 5.97. The maximum absolute atomic E-state index is 12.0. The molecule has 0 spiro atoms. The van der Waals surface area contributed by atoms with Gasteiger partial charge in [-0.25, -0.2) is 0 Å².